The lowest BCUT2D eigenvalue weighted by atomic mass is 9.96. The van der Waals surface area contributed by atoms with Crippen LogP contribution in [-0.2, 0) is 11.3 Å². The Labute approximate surface area is 165 Å². The first kappa shape index (κ1) is 18.3. The second-order valence-corrected chi connectivity index (χ2v) is 7.50. The van der Waals surface area contributed by atoms with Gasteiger partial charge in [0.2, 0.25) is 5.91 Å². The molecule has 0 bridgehead atoms. The van der Waals surface area contributed by atoms with E-state index in [9.17, 15) is 4.79 Å². The molecule has 1 aliphatic rings. The van der Waals surface area contributed by atoms with Crippen molar-refractivity contribution < 1.29 is 9.21 Å². The zero-order valence-electron chi connectivity index (χ0n) is 16.4. The summed E-state index contributed by atoms with van der Waals surface area (Å²) < 4.78 is 5.85. The average Bonchev–Trinajstić information content (AvgIpc) is 3.16. The minimum atomic E-state index is 0.0432. The molecule has 146 valence electrons. The summed E-state index contributed by atoms with van der Waals surface area (Å²) in [5.41, 5.74) is 3.94. The maximum absolute atomic E-state index is 12.6. The van der Waals surface area contributed by atoms with Gasteiger partial charge in [0.1, 0.15) is 5.52 Å². The molecule has 0 radical (unpaired) electrons. The van der Waals surface area contributed by atoms with Crippen LogP contribution < -0.4 is 15.1 Å². The molecule has 0 aliphatic carbocycles. The number of oxazole rings is 1. The predicted octanol–water partition coefficient (Wildman–Crippen LogP) is 3.43. The quantitative estimate of drug-likeness (QED) is 0.737. The molecular formula is C22H26N4O2. The molecule has 0 unspecified atom stereocenters. The number of fused-ring (bicyclic) bond motifs is 1. The molecule has 1 N–H and O–H groups in total. The Kier molecular flexibility index (Phi) is 5.19. The van der Waals surface area contributed by atoms with E-state index in [1.54, 1.807) is 0 Å². The number of hydrogen-bond acceptors (Lipinski definition) is 5. The number of anilines is 2. The van der Waals surface area contributed by atoms with Crippen LogP contribution >= 0.6 is 0 Å². The number of nitrogens with zero attached hydrogens (tertiary/aromatic N) is 3. The molecule has 0 spiro atoms. The van der Waals surface area contributed by atoms with Crippen LogP contribution in [0, 0.1) is 5.92 Å². The lowest BCUT2D eigenvalue weighted by Crippen LogP contribution is -2.40. The third-order valence-electron chi connectivity index (χ3n) is 5.34. The van der Waals surface area contributed by atoms with Gasteiger partial charge in [-0.1, -0.05) is 24.3 Å². The summed E-state index contributed by atoms with van der Waals surface area (Å²) in [5, 5.41) is 3.08. The highest BCUT2D eigenvalue weighted by Gasteiger charge is 2.27. The van der Waals surface area contributed by atoms with Gasteiger partial charge in [0.25, 0.3) is 6.01 Å². The van der Waals surface area contributed by atoms with Gasteiger partial charge in [-0.15, -0.1) is 0 Å². The van der Waals surface area contributed by atoms with Crippen molar-refractivity contribution in [2.45, 2.75) is 19.4 Å². The summed E-state index contributed by atoms with van der Waals surface area (Å²) >= 11 is 0. The van der Waals surface area contributed by atoms with E-state index in [0.717, 1.165) is 48.3 Å². The maximum atomic E-state index is 12.6. The number of carbonyl (C=O) groups excluding carboxylic acids is 1. The summed E-state index contributed by atoms with van der Waals surface area (Å²) in [4.78, 5) is 21.3. The van der Waals surface area contributed by atoms with E-state index in [4.69, 9.17) is 4.42 Å². The number of amides is 1. The fourth-order valence-corrected chi connectivity index (χ4v) is 3.57. The van der Waals surface area contributed by atoms with Gasteiger partial charge in [0.05, 0.1) is 0 Å². The number of hydrogen-bond donors (Lipinski definition) is 1. The van der Waals surface area contributed by atoms with Crippen LogP contribution in [0.25, 0.3) is 11.1 Å². The van der Waals surface area contributed by atoms with E-state index in [0.29, 0.717) is 12.6 Å². The topological polar surface area (TPSA) is 61.6 Å². The fraction of sp³-hybridized carbons (Fsp3) is 0.364. The van der Waals surface area contributed by atoms with Crippen molar-refractivity contribution in [2.24, 2.45) is 5.92 Å². The molecule has 4 rings (SSSR count). The van der Waals surface area contributed by atoms with E-state index in [-0.39, 0.29) is 11.8 Å². The first-order chi connectivity index (χ1) is 13.6. The van der Waals surface area contributed by atoms with E-state index in [2.05, 4.69) is 44.4 Å². The first-order valence-corrected chi connectivity index (χ1v) is 9.74. The molecule has 28 heavy (non-hydrogen) atoms. The van der Waals surface area contributed by atoms with Gasteiger partial charge in [0.15, 0.2) is 5.58 Å². The van der Waals surface area contributed by atoms with Crippen molar-refractivity contribution >= 4 is 28.7 Å². The van der Waals surface area contributed by atoms with Crippen molar-refractivity contribution in [3.8, 4) is 0 Å². The van der Waals surface area contributed by atoms with Crippen molar-refractivity contribution in [2.75, 3.05) is 37.0 Å². The second-order valence-electron chi connectivity index (χ2n) is 7.50. The van der Waals surface area contributed by atoms with Crippen LogP contribution in [0.4, 0.5) is 11.7 Å². The van der Waals surface area contributed by atoms with E-state index < -0.39 is 0 Å². The highest BCUT2D eigenvalue weighted by molar-refractivity contribution is 5.79. The molecule has 2 aromatic carbocycles. The molecule has 1 aliphatic heterocycles. The van der Waals surface area contributed by atoms with Gasteiger partial charge >= 0.3 is 0 Å². The molecule has 1 aromatic heterocycles. The van der Waals surface area contributed by atoms with Crippen LogP contribution in [0.3, 0.4) is 0 Å². The van der Waals surface area contributed by atoms with Crippen LogP contribution in [-0.4, -0.2) is 38.1 Å². The number of piperidine rings is 1. The molecule has 1 fully saturated rings. The average molecular weight is 378 g/mol. The number of benzene rings is 2. The number of rotatable bonds is 5. The third-order valence-corrected chi connectivity index (χ3v) is 5.34. The van der Waals surface area contributed by atoms with Gasteiger partial charge in [-0.3, -0.25) is 4.79 Å². The molecule has 2 heterocycles. The molecule has 6 heteroatoms. The van der Waals surface area contributed by atoms with E-state index in [1.807, 2.05) is 38.4 Å². The Morgan fingerprint density at radius 3 is 2.54 bits per heavy atom. The first-order valence-electron chi connectivity index (χ1n) is 9.74. The third kappa shape index (κ3) is 3.96. The zero-order valence-corrected chi connectivity index (χ0v) is 16.4. The number of aromatic nitrogens is 1. The summed E-state index contributed by atoms with van der Waals surface area (Å²) in [5.74, 6) is 0.176. The van der Waals surface area contributed by atoms with Crippen molar-refractivity contribution in [1.82, 2.24) is 10.3 Å². The summed E-state index contributed by atoms with van der Waals surface area (Å²) in [6, 6.07) is 16.7. The van der Waals surface area contributed by atoms with E-state index >= 15 is 0 Å². The highest BCUT2D eigenvalue weighted by Crippen LogP contribution is 2.26. The van der Waals surface area contributed by atoms with Crippen LogP contribution in [0.5, 0.6) is 0 Å². The Balaban J connectivity index is 1.28. The van der Waals surface area contributed by atoms with Gasteiger partial charge in [0, 0.05) is 45.3 Å². The standard InChI is InChI=1S/C22H26N4O2/c1-25(2)18-9-7-16(8-10-18)15-23-21(27)17-11-13-26(14-12-17)22-24-19-5-3-4-6-20(19)28-22/h3-10,17H,11-15H2,1-2H3,(H,23,27). The Morgan fingerprint density at radius 2 is 1.86 bits per heavy atom. The molecule has 3 aromatic rings. The number of carbonyl (C=O) groups is 1. The van der Waals surface area contributed by atoms with Crippen molar-refractivity contribution in [3.63, 3.8) is 0 Å². The lowest BCUT2D eigenvalue weighted by molar-refractivity contribution is -0.125. The number of para-hydroxylation sites is 2. The minimum absolute atomic E-state index is 0.0432. The molecule has 1 saturated heterocycles. The van der Waals surface area contributed by atoms with Crippen LogP contribution in [0.15, 0.2) is 52.9 Å². The predicted molar refractivity (Wildman–Crippen MR) is 112 cm³/mol. The van der Waals surface area contributed by atoms with Gasteiger partial charge < -0.3 is 19.5 Å². The summed E-state index contributed by atoms with van der Waals surface area (Å²) in [7, 11) is 4.04. The normalized spacial score (nSPS) is 15.0. The Morgan fingerprint density at radius 1 is 1.14 bits per heavy atom. The smallest absolute Gasteiger partial charge is 0.298 e. The van der Waals surface area contributed by atoms with Gasteiger partial charge in [-0.05, 0) is 42.7 Å². The molecule has 0 saturated carbocycles. The molecule has 1 amide bonds. The Hall–Kier alpha value is -3.02. The van der Waals surface area contributed by atoms with Gasteiger partial charge in [-0.25, -0.2) is 0 Å². The SMILES string of the molecule is CN(C)c1ccc(CNC(=O)C2CCN(c3nc4ccccc4o3)CC2)cc1. The molecule has 6 nitrogen and oxygen atoms in total. The fourth-order valence-electron chi connectivity index (χ4n) is 3.57. The monoisotopic (exact) mass is 378 g/mol. The highest BCUT2D eigenvalue weighted by atomic mass is 16.4. The van der Waals surface area contributed by atoms with Crippen molar-refractivity contribution in [1.29, 1.82) is 0 Å². The minimum Gasteiger partial charge on any atom is -0.423 e. The summed E-state index contributed by atoms with van der Waals surface area (Å²) in [6.45, 7) is 2.13. The summed E-state index contributed by atoms with van der Waals surface area (Å²) in [6.07, 6.45) is 1.62. The van der Waals surface area contributed by atoms with Crippen LogP contribution in [0.1, 0.15) is 18.4 Å². The zero-order chi connectivity index (χ0) is 19.5. The van der Waals surface area contributed by atoms with Crippen LogP contribution in [0.2, 0.25) is 0 Å². The second kappa shape index (κ2) is 7.92. The molecule has 0 atom stereocenters. The van der Waals surface area contributed by atoms with E-state index in [1.165, 1.54) is 0 Å². The van der Waals surface area contributed by atoms with Crippen molar-refractivity contribution in [3.05, 3.63) is 54.1 Å². The Bertz CT molecular complexity index is 908. The largest absolute Gasteiger partial charge is 0.423 e. The number of nitrogens with one attached hydrogen (secondary N) is 1. The maximum Gasteiger partial charge on any atom is 0.298 e. The lowest BCUT2D eigenvalue weighted by Gasteiger charge is -2.30. The molecular weight excluding hydrogens is 352 g/mol. The van der Waals surface area contributed by atoms with Gasteiger partial charge in [-0.2, -0.15) is 4.98 Å².